The number of ketones is 1. The van der Waals surface area contributed by atoms with Crippen LogP contribution in [-0.2, 0) is 31.9 Å². The summed E-state index contributed by atoms with van der Waals surface area (Å²) in [5.41, 5.74) is 4.07. The van der Waals surface area contributed by atoms with Crippen molar-refractivity contribution in [3.05, 3.63) is 71.3 Å². The number of phenols is 2. The number of aromatic hydroxyl groups is 2. The number of carbonyl (C=O) groups is 3. The average Bonchev–Trinajstić information content (AvgIpc) is 3.06. The molecule has 0 fully saturated rings. The second-order valence-electron chi connectivity index (χ2n) is 11.2. The SMILES string of the molecule is CCOC(=O)CCCOc1cccc(CCCCCCOc2cc(C(=O)CC)cc(-c3ccc(O)c(O)c3)c2)c1CCC(=O)OCC. The first-order valence-corrected chi connectivity index (χ1v) is 16.6. The summed E-state index contributed by atoms with van der Waals surface area (Å²) >= 11 is 0. The van der Waals surface area contributed by atoms with E-state index >= 15 is 0 Å². The Labute approximate surface area is 277 Å². The van der Waals surface area contributed by atoms with Crippen LogP contribution in [0, 0.1) is 0 Å². The predicted molar refractivity (Wildman–Crippen MR) is 180 cm³/mol. The molecule has 0 aromatic heterocycles. The van der Waals surface area contributed by atoms with E-state index in [1.807, 2.05) is 25.1 Å². The highest BCUT2D eigenvalue weighted by Gasteiger charge is 2.14. The molecule has 9 nitrogen and oxygen atoms in total. The Morgan fingerprint density at radius 3 is 2.11 bits per heavy atom. The van der Waals surface area contributed by atoms with Crippen LogP contribution in [-0.4, -0.2) is 54.4 Å². The van der Waals surface area contributed by atoms with Crippen molar-refractivity contribution < 1.29 is 43.5 Å². The van der Waals surface area contributed by atoms with Gasteiger partial charge in [-0.1, -0.05) is 38.0 Å². The maximum Gasteiger partial charge on any atom is 0.306 e. The molecule has 0 saturated heterocycles. The summed E-state index contributed by atoms with van der Waals surface area (Å²) in [6, 6.07) is 15.9. The minimum absolute atomic E-state index is 0.00697. The molecule has 0 bridgehead atoms. The third-order valence-electron chi connectivity index (χ3n) is 7.67. The number of ether oxygens (including phenoxy) is 4. The lowest BCUT2D eigenvalue weighted by molar-refractivity contribution is -0.144. The van der Waals surface area contributed by atoms with Crippen molar-refractivity contribution in [2.24, 2.45) is 0 Å². The lowest BCUT2D eigenvalue weighted by Gasteiger charge is -2.16. The van der Waals surface area contributed by atoms with E-state index in [0.29, 0.717) is 69.0 Å². The smallest absolute Gasteiger partial charge is 0.306 e. The van der Waals surface area contributed by atoms with Crippen molar-refractivity contribution in [3.8, 4) is 34.1 Å². The van der Waals surface area contributed by atoms with Crippen molar-refractivity contribution in [2.45, 2.75) is 85.0 Å². The molecule has 0 aliphatic rings. The summed E-state index contributed by atoms with van der Waals surface area (Å²) in [7, 11) is 0. The Hall–Kier alpha value is -4.53. The van der Waals surface area contributed by atoms with Crippen molar-refractivity contribution in [1.29, 1.82) is 0 Å². The van der Waals surface area contributed by atoms with Crippen molar-refractivity contribution >= 4 is 17.7 Å². The monoisotopic (exact) mass is 648 g/mol. The number of unbranched alkanes of at least 4 members (excludes halogenated alkanes) is 3. The van der Waals surface area contributed by atoms with Crippen LogP contribution >= 0.6 is 0 Å². The van der Waals surface area contributed by atoms with E-state index in [2.05, 4.69) is 6.07 Å². The fraction of sp³-hybridized carbons (Fsp3) is 0.447. The third-order valence-corrected chi connectivity index (χ3v) is 7.67. The predicted octanol–water partition coefficient (Wildman–Crippen LogP) is 7.76. The molecule has 47 heavy (non-hydrogen) atoms. The van der Waals surface area contributed by atoms with Crippen molar-refractivity contribution in [1.82, 2.24) is 0 Å². The number of carbonyl (C=O) groups excluding carboxylic acids is 3. The highest BCUT2D eigenvalue weighted by Crippen LogP contribution is 2.33. The maximum atomic E-state index is 12.5. The molecule has 254 valence electrons. The van der Waals surface area contributed by atoms with E-state index in [9.17, 15) is 24.6 Å². The molecule has 3 aromatic rings. The van der Waals surface area contributed by atoms with E-state index in [-0.39, 0.29) is 35.6 Å². The van der Waals surface area contributed by atoms with Gasteiger partial charge < -0.3 is 29.2 Å². The largest absolute Gasteiger partial charge is 0.504 e. The summed E-state index contributed by atoms with van der Waals surface area (Å²) in [6.07, 6.45) is 6.54. The van der Waals surface area contributed by atoms with E-state index < -0.39 is 0 Å². The molecule has 3 aromatic carbocycles. The van der Waals surface area contributed by atoms with Crippen LogP contribution in [0.25, 0.3) is 11.1 Å². The summed E-state index contributed by atoms with van der Waals surface area (Å²) in [4.78, 5) is 36.3. The third kappa shape index (κ3) is 12.3. The van der Waals surface area contributed by atoms with Gasteiger partial charge in [0.25, 0.3) is 0 Å². The first-order chi connectivity index (χ1) is 22.7. The molecule has 0 heterocycles. The molecule has 0 spiro atoms. The zero-order chi connectivity index (χ0) is 34.0. The number of hydrogen-bond donors (Lipinski definition) is 2. The molecule has 0 unspecified atom stereocenters. The Bertz CT molecular complexity index is 1460. The number of benzene rings is 3. The molecule has 0 aliphatic heterocycles. The lowest BCUT2D eigenvalue weighted by atomic mass is 9.96. The van der Waals surface area contributed by atoms with Gasteiger partial charge in [0.15, 0.2) is 17.3 Å². The van der Waals surface area contributed by atoms with Crippen LogP contribution in [0.1, 0.15) is 93.6 Å². The van der Waals surface area contributed by atoms with Gasteiger partial charge in [-0.15, -0.1) is 0 Å². The number of rotatable bonds is 21. The van der Waals surface area contributed by atoms with Crippen LogP contribution in [0.5, 0.6) is 23.0 Å². The quantitative estimate of drug-likeness (QED) is 0.0515. The number of phenolic OH excluding ortho intramolecular Hbond substituents is 2. The first kappa shape index (κ1) is 36.9. The fourth-order valence-corrected chi connectivity index (χ4v) is 5.23. The number of Topliss-reactive ketones (excluding diaryl/α,β-unsaturated/α-hetero) is 1. The van der Waals surface area contributed by atoms with Gasteiger partial charge in [-0.2, -0.15) is 0 Å². The number of hydrogen-bond acceptors (Lipinski definition) is 9. The molecule has 0 atom stereocenters. The minimum atomic E-state index is -0.242. The molecule has 3 rings (SSSR count). The Kier molecular flexibility index (Phi) is 15.6. The molecule has 9 heteroatoms. The Morgan fingerprint density at radius 1 is 0.660 bits per heavy atom. The number of esters is 2. The highest BCUT2D eigenvalue weighted by atomic mass is 16.5. The van der Waals surface area contributed by atoms with Crippen LogP contribution in [0.15, 0.2) is 54.6 Å². The second-order valence-corrected chi connectivity index (χ2v) is 11.2. The standard InChI is InChI=1S/C38H48O9/c1-4-33(39)30-23-29(28-17-19-34(40)35(41)26-28)24-31(25-30)46-21-10-8-7-9-13-27-14-11-15-36(32(27)18-20-38(43)45-6-3)47-22-12-16-37(42)44-5-2/h11,14-15,17,19,23-26,40-41H,4-10,12-13,16,18,20-22H2,1-3H3. The topological polar surface area (TPSA) is 129 Å². The Morgan fingerprint density at radius 2 is 1.38 bits per heavy atom. The van der Waals surface area contributed by atoms with Crippen molar-refractivity contribution in [3.63, 3.8) is 0 Å². The lowest BCUT2D eigenvalue weighted by Crippen LogP contribution is -2.10. The van der Waals surface area contributed by atoms with Crippen LogP contribution < -0.4 is 9.47 Å². The van der Waals surface area contributed by atoms with Crippen LogP contribution in [0.2, 0.25) is 0 Å². The van der Waals surface area contributed by atoms with Gasteiger partial charge in [0, 0.05) is 24.8 Å². The normalized spacial score (nSPS) is 10.8. The van der Waals surface area contributed by atoms with E-state index in [0.717, 1.165) is 54.5 Å². The summed E-state index contributed by atoms with van der Waals surface area (Å²) in [5.74, 6) is 0.391. The number of aryl methyl sites for hydroxylation is 1. The average molecular weight is 649 g/mol. The van der Waals surface area contributed by atoms with Crippen LogP contribution in [0.4, 0.5) is 0 Å². The summed E-state index contributed by atoms with van der Waals surface area (Å²) < 4.78 is 22.2. The molecular weight excluding hydrogens is 600 g/mol. The first-order valence-electron chi connectivity index (χ1n) is 16.6. The fourth-order valence-electron chi connectivity index (χ4n) is 5.23. The minimum Gasteiger partial charge on any atom is -0.504 e. The second kappa shape index (κ2) is 19.9. The van der Waals surface area contributed by atoms with Gasteiger partial charge in [-0.25, -0.2) is 0 Å². The molecule has 0 amide bonds. The van der Waals surface area contributed by atoms with E-state index in [1.165, 1.54) is 12.1 Å². The summed E-state index contributed by atoms with van der Waals surface area (Å²) in [6.45, 7) is 6.95. The molecule has 0 saturated carbocycles. The van der Waals surface area contributed by atoms with Gasteiger partial charge in [0.2, 0.25) is 0 Å². The van der Waals surface area contributed by atoms with Gasteiger partial charge in [-0.05, 0) is 105 Å². The van der Waals surface area contributed by atoms with Gasteiger partial charge in [-0.3, -0.25) is 14.4 Å². The van der Waals surface area contributed by atoms with Crippen molar-refractivity contribution in [2.75, 3.05) is 26.4 Å². The molecule has 0 aliphatic carbocycles. The van der Waals surface area contributed by atoms with Gasteiger partial charge in [0.1, 0.15) is 11.5 Å². The molecule has 2 N–H and O–H groups in total. The zero-order valence-corrected chi connectivity index (χ0v) is 27.8. The van der Waals surface area contributed by atoms with Crippen LogP contribution in [0.3, 0.4) is 0 Å². The molecule has 0 radical (unpaired) electrons. The summed E-state index contributed by atoms with van der Waals surface area (Å²) in [5, 5.41) is 19.6. The zero-order valence-electron chi connectivity index (χ0n) is 27.8. The Balaban J connectivity index is 1.55. The highest BCUT2D eigenvalue weighted by molar-refractivity contribution is 5.97. The van der Waals surface area contributed by atoms with Gasteiger partial charge in [0.05, 0.1) is 26.4 Å². The van der Waals surface area contributed by atoms with E-state index in [4.69, 9.17) is 18.9 Å². The van der Waals surface area contributed by atoms with Gasteiger partial charge >= 0.3 is 11.9 Å². The maximum absolute atomic E-state index is 12.5. The van der Waals surface area contributed by atoms with E-state index in [1.54, 1.807) is 32.0 Å². The molecular formula is C38H48O9.